The minimum absolute atomic E-state index is 0.0111. The highest BCUT2D eigenvalue weighted by Gasteiger charge is 2.11. The van der Waals surface area contributed by atoms with Crippen LogP contribution in [0.15, 0.2) is 40.9 Å². The van der Waals surface area contributed by atoms with Gasteiger partial charge in [0.05, 0.1) is 7.11 Å². The van der Waals surface area contributed by atoms with E-state index in [-0.39, 0.29) is 18.0 Å². The number of methoxy groups -OCH3 is 1. The predicted octanol–water partition coefficient (Wildman–Crippen LogP) is 4.33. The van der Waals surface area contributed by atoms with E-state index in [0.29, 0.717) is 10.0 Å². The summed E-state index contributed by atoms with van der Waals surface area (Å²) in [6.07, 6.45) is 0.229. The molecule has 0 aromatic heterocycles. The van der Waals surface area contributed by atoms with Gasteiger partial charge in [0.15, 0.2) is 5.78 Å². The average Bonchev–Trinajstić information content (AvgIpc) is 2.41. The fourth-order valence-corrected chi connectivity index (χ4v) is 2.48. The van der Waals surface area contributed by atoms with Gasteiger partial charge in [0.1, 0.15) is 11.6 Å². The lowest BCUT2D eigenvalue weighted by Crippen LogP contribution is -2.05. The molecule has 2 nitrogen and oxygen atoms in total. The molecule has 0 amide bonds. The van der Waals surface area contributed by atoms with E-state index in [2.05, 4.69) is 15.9 Å². The van der Waals surface area contributed by atoms with Gasteiger partial charge in [-0.1, -0.05) is 22.0 Å². The van der Waals surface area contributed by atoms with E-state index in [1.54, 1.807) is 31.4 Å². The molecular formula is C16H14BrFO2. The summed E-state index contributed by atoms with van der Waals surface area (Å²) < 4.78 is 18.8. The zero-order valence-corrected chi connectivity index (χ0v) is 12.8. The van der Waals surface area contributed by atoms with Gasteiger partial charge in [0.25, 0.3) is 0 Å². The topological polar surface area (TPSA) is 26.3 Å². The highest BCUT2D eigenvalue weighted by Crippen LogP contribution is 2.22. The largest absolute Gasteiger partial charge is 0.496 e. The van der Waals surface area contributed by atoms with Crippen molar-refractivity contribution in [2.45, 2.75) is 13.3 Å². The maximum Gasteiger partial charge on any atom is 0.167 e. The number of carbonyl (C=O) groups is 1. The molecule has 0 aliphatic rings. The Morgan fingerprint density at radius 3 is 2.60 bits per heavy atom. The molecule has 2 rings (SSSR count). The first-order valence-electron chi connectivity index (χ1n) is 6.13. The second-order valence-corrected chi connectivity index (χ2v) is 5.37. The van der Waals surface area contributed by atoms with Crippen LogP contribution in [0.4, 0.5) is 4.39 Å². The van der Waals surface area contributed by atoms with E-state index < -0.39 is 0 Å². The first-order chi connectivity index (χ1) is 9.51. The van der Waals surface area contributed by atoms with Gasteiger partial charge in [-0.25, -0.2) is 4.39 Å². The third-order valence-electron chi connectivity index (χ3n) is 3.08. The molecule has 0 N–H and O–H groups in total. The lowest BCUT2D eigenvalue weighted by molar-refractivity contribution is 0.0992. The second kappa shape index (κ2) is 6.18. The van der Waals surface area contributed by atoms with Crippen LogP contribution in [0.1, 0.15) is 21.5 Å². The van der Waals surface area contributed by atoms with Crippen molar-refractivity contribution in [2.24, 2.45) is 0 Å². The summed E-state index contributed by atoms with van der Waals surface area (Å²) in [4.78, 5) is 12.2. The summed E-state index contributed by atoms with van der Waals surface area (Å²) in [6, 6.07) is 9.66. The number of ether oxygens (including phenoxy) is 1. The van der Waals surface area contributed by atoms with Gasteiger partial charge in [-0.2, -0.15) is 0 Å². The first-order valence-corrected chi connectivity index (χ1v) is 6.92. The van der Waals surface area contributed by atoms with Gasteiger partial charge in [0, 0.05) is 16.5 Å². The van der Waals surface area contributed by atoms with Gasteiger partial charge in [-0.05, 0) is 48.4 Å². The van der Waals surface area contributed by atoms with Crippen LogP contribution >= 0.6 is 15.9 Å². The lowest BCUT2D eigenvalue weighted by atomic mass is 10.0. The number of rotatable bonds is 4. The summed E-state index contributed by atoms with van der Waals surface area (Å²) in [5.74, 6) is 0.418. The molecular weight excluding hydrogens is 323 g/mol. The van der Waals surface area contributed by atoms with Crippen molar-refractivity contribution in [1.29, 1.82) is 0 Å². The molecule has 0 heterocycles. The monoisotopic (exact) mass is 336 g/mol. The van der Waals surface area contributed by atoms with Crippen LogP contribution in [0, 0.1) is 12.7 Å². The number of halogens is 2. The number of hydrogen-bond acceptors (Lipinski definition) is 2. The van der Waals surface area contributed by atoms with Crippen molar-refractivity contribution in [3.63, 3.8) is 0 Å². The van der Waals surface area contributed by atoms with Crippen molar-refractivity contribution in [2.75, 3.05) is 7.11 Å². The standard InChI is InChI=1S/C16H14BrFO2/c1-10-7-12(4-6-16(10)20-2)15(19)8-11-3-5-13(18)9-14(11)17/h3-7,9H,8H2,1-2H3. The summed E-state index contributed by atoms with van der Waals surface area (Å²) in [5.41, 5.74) is 2.31. The Labute approximate surface area is 125 Å². The Bertz CT molecular complexity index is 653. The fourth-order valence-electron chi connectivity index (χ4n) is 1.99. The minimum atomic E-state index is -0.326. The predicted molar refractivity (Wildman–Crippen MR) is 79.9 cm³/mol. The van der Waals surface area contributed by atoms with Gasteiger partial charge >= 0.3 is 0 Å². The number of ketones is 1. The van der Waals surface area contributed by atoms with Crippen LogP contribution in [-0.4, -0.2) is 12.9 Å². The van der Waals surface area contributed by atoms with Gasteiger partial charge in [0.2, 0.25) is 0 Å². The highest BCUT2D eigenvalue weighted by atomic mass is 79.9. The smallest absolute Gasteiger partial charge is 0.167 e. The molecule has 0 saturated heterocycles. The zero-order valence-electron chi connectivity index (χ0n) is 11.2. The SMILES string of the molecule is COc1ccc(C(=O)Cc2ccc(F)cc2Br)cc1C. The maximum absolute atomic E-state index is 13.0. The number of benzene rings is 2. The third kappa shape index (κ3) is 3.25. The maximum atomic E-state index is 13.0. The number of aryl methyl sites for hydroxylation is 1. The molecule has 104 valence electrons. The summed E-state index contributed by atoms with van der Waals surface area (Å²) >= 11 is 3.27. The van der Waals surface area contributed by atoms with Crippen LogP contribution in [-0.2, 0) is 6.42 Å². The minimum Gasteiger partial charge on any atom is -0.496 e. The molecule has 0 atom stereocenters. The summed E-state index contributed by atoms with van der Waals surface area (Å²) in [7, 11) is 1.60. The van der Waals surface area contributed by atoms with Crippen molar-refractivity contribution in [3.05, 3.63) is 63.4 Å². The lowest BCUT2D eigenvalue weighted by Gasteiger charge is -2.08. The number of hydrogen-bond donors (Lipinski definition) is 0. The van der Waals surface area contributed by atoms with E-state index in [1.807, 2.05) is 6.92 Å². The van der Waals surface area contributed by atoms with E-state index in [0.717, 1.165) is 16.9 Å². The number of Topliss-reactive ketones (excluding diaryl/α,β-unsaturated/α-hetero) is 1. The van der Waals surface area contributed by atoms with Gasteiger partial charge in [-0.3, -0.25) is 4.79 Å². The quantitative estimate of drug-likeness (QED) is 0.776. The zero-order chi connectivity index (χ0) is 14.7. The summed E-state index contributed by atoms with van der Waals surface area (Å²) in [5, 5.41) is 0. The van der Waals surface area contributed by atoms with Crippen molar-refractivity contribution >= 4 is 21.7 Å². The Hall–Kier alpha value is -1.68. The Kier molecular flexibility index (Phi) is 4.55. The first kappa shape index (κ1) is 14.7. The molecule has 2 aromatic carbocycles. The molecule has 0 bridgehead atoms. The Morgan fingerprint density at radius 1 is 1.25 bits per heavy atom. The van der Waals surface area contributed by atoms with Crippen LogP contribution in [0.5, 0.6) is 5.75 Å². The molecule has 0 fully saturated rings. The van der Waals surface area contributed by atoms with Crippen LogP contribution in [0.3, 0.4) is 0 Å². The molecule has 20 heavy (non-hydrogen) atoms. The summed E-state index contributed by atoms with van der Waals surface area (Å²) in [6.45, 7) is 1.89. The molecule has 0 spiro atoms. The van der Waals surface area contributed by atoms with Gasteiger partial charge in [-0.15, -0.1) is 0 Å². The number of carbonyl (C=O) groups excluding carboxylic acids is 1. The highest BCUT2D eigenvalue weighted by molar-refractivity contribution is 9.10. The second-order valence-electron chi connectivity index (χ2n) is 4.52. The Morgan fingerprint density at radius 2 is 2.00 bits per heavy atom. The third-order valence-corrected chi connectivity index (χ3v) is 3.82. The van der Waals surface area contributed by atoms with Crippen molar-refractivity contribution in [1.82, 2.24) is 0 Å². The fraction of sp³-hybridized carbons (Fsp3) is 0.188. The normalized spacial score (nSPS) is 10.4. The van der Waals surface area contributed by atoms with Crippen molar-refractivity contribution < 1.29 is 13.9 Å². The van der Waals surface area contributed by atoms with E-state index in [9.17, 15) is 9.18 Å². The molecule has 0 aliphatic carbocycles. The Balaban J connectivity index is 2.21. The average molecular weight is 337 g/mol. The van der Waals surface area contributed by atoms with E-state index >= 15 is 0 Å². The van der Waals surface area contributed by atoms with Crippen LogP contribution < -0.4 is 4.74 Å². The molecule has 0 unspecified atom stereocenters. The van der Waals surface area contributed by atoms with Gasteiger partial charge < -0.3 is 4.74 Å². The van der Waals surface area contributed by atoms with E-state index in [4.69, 9.17) is 4.74 Å². The van der Waals surface area contributed by atoms with Crippen LogP contribution in [0.2, 0.25) is 0 Å². The molecule has 0 saturated carbocycles. The van der Waals surface area contributed by atoms with Crippen LogP contribution in [0.25, 0.3) is 0 Å². The molecule has 4 heteroatoms. The molecule has 0 aliphatic heterocycles. The molecule has 2 aromatic rings. The van der Waals surface area contributed by atoms with E-state index in [1.165, 1.54) is 12.1 Å². The molecule has 0 radical (unpaired) electrons. The van der Waals surface area contributed by atoms with Crippen molar-refractivity contribution in [3.8, 4) is 5.75 Å².